The molecule has 114 valence electrons. The molecular weight excluding hydrogens is 388 g/mol. The third kappa shape index (κ3) is 2.24. The van der Waals surface area contributed by atoms with Crippen molar-refractivity contribution in [2.24, 2.45) is 4.99 Å². The lowest BCUT2D eigenvalue weighted by Crippen LogP contribution is -2.42. The van der Waals surface area contributed by atoms with Crippen LogP contribution in [0, 0.1) is 0 Å². The molecule has 0 fully saturated rings. The summed E-state index contributed by atoms with van der Waals surface area (Å²) in [6.07, 6.45) is 3.56. The average molecular weight is 399 g/mol. The van der Waals surface area contributed by atoms with Gasteiger partial charge in [0.2, 0.25) is 0 Å². The Morgan fingerprint density at radius 3 is 3.09 bits per heavy atom. The Hall–Kier alpha value is -1.45. The van der Waals surface area contributed by atoms with E-state index in [4.69, 9.17) is 0 Å². The first-order valence-electron chi connectivity index (χ1n) is 6.47. The van der Waals surface area contributed by atoms with Gasteiger partial charge in [-0.1, -0.05) is 27.7 Å². The number of fused-ring (bicyclic) bond motifs is 2. The summed E-state index contributed by atoms with van der Waals surface area (Å²) in [5.74, 6) is 0. The second-order valence-corrected chi connectivity index (χ2v) is 8.50. The van der Waals surface area contributed by atoms with E-state index < -0.39 is 20.3 Å². The van der Waals surface area contributed by atoms with E-state index in [1.807, 2.05) is 23.7 Å². The molecule has 2 aromatic rings. The molecule has 3 heterocycles. The fraction of sp³-hybridized carbons (Fsp3) is 0.154. The van der Waals surface area contributed by atoms with Gasteiger partial charge >= 0.3 is 0 Å². The Kier molecular flexibility index (Phi) is 3.24. The number of aromatic nitrogens is 1. The first kappa shape index (κ1) is 14.2. The number of H-pyrrole nitrogens is 1. The van der Waals surface area contributed by atoms with E-state index in [0.29, 0.717) is 10.9 Å². The van der Waals surface area contributed by atoms with Crippen LogP contribution in [0.15, 0.2) is 47.1 Å². The van der Waals surface area contributed by atoms with Crippen molar-refractivity contribution < 1.29 is 8.42 Å². The molecule has 0 amide bonds. The Morgan fingerprint density at radius 2 is 2.23 bits per heavy atom. The van der Waals surface area contributed by atoms with E-state index in [9.17, 15) is 8.42 Å². The number of anilines is 1. The van der Waals surface area contributed by atoms with Crippen LogP contribution in [0.25, 0.3) is 10.9 Å². The number of halogens is 1. The molecule has 0 spiro atoms. The molecule has 1 aromatic heterocycles. The third-order valence-corrected chi connectivity index (χ3v) is 6.97. The Morgan fingerprint density at radius 1 is 1.36 bits per heavy atom. The number of rotatable bonds is 3. The Balaban J connectivity index is 1.65. The zero-order valence-corrected chi connectivity index (χ0v) is 14.3. The summed E-state index contributed by atoms with van der Waals surface area (Å²) in [7, 11) is -3.63. The largest absolute Gasteiger partial charge is 0.361 e. The topological polar surface area (TPSA) is 77.6 Å². The van der Waals surface area contributed by atoms with E-state index in [1.165, 1.54) is 11.8 Å². The molecule has 0 aliphatic carbocycles. The predicted octanol–water partition coefficient (Wildman–Crippen LogP) is 2.85. The van der Waals surface area contributed by atoms with Crippen molar-refractivity contribution in [2.75, 3.05) is 4.72 Å². The normalized spacial score (nSPS) is 23.9. The molecule has 0 saturated carbocycles. The minimum absolute atomic E-state index is 0.492. The van der Waals surface area contributed by atoms with Crippen LogP contribution in [0.1, 0.15) is 0 Å². The van der Waals surface area contributed by atoms with Gasteiger partial charge < -0.3 is 9.88 Å². The van der Waals surface area contributed by atoms with Crippen LogP contribution in [-0.2, 0) is 10.0 Å². The van der Waals surface area contributed by atoms with Crippen molar-refractivity contribution in [2.45, 2.75) is 10.3 Å². The highest BCUT2D eigenvalue weighted by Gasteiger charge is 2.44. The van der Waals surface area contributed by atoms with Crippen LogP contribution in [0.5, 0.6) is 0 Å². The first-order chi connectivity index (χ1) is 10.5. The van der Waals surface area contributed by atoms with Gasteiger partial charge in [-0.05, 0) is 29.7 Å². The van der Waals surface area contributed by atoms with Crippen LogP contribution in [0.2, 0.25) is 0 Å². The SMILES string of the molecule is O=S(=O)(Nc1ccc2[nH]ccc2c1)C1C(Br)N=C2SC=CN21. The maximum absolute atomic E-state index is 12.7. The molecule has 2 aliphatic heterocycles. The lowest BCUT2D eigenvalue weighted by molar-refractivity contribution is 0.508. The van der Waals surface area contributed by atoms with Gasteiger partial charge in [0.1, 0.15) is 4.95 Å². The highest BCUT2D eigenvalue weighted by atomic mass is 79.9. The van der Waals surface area contributed by atoms with E-state index in [1.54, 1.807) is 23.2 Å². The second kappa shape index (κ2) is 5.04. The molecular formula is C13H11BrN4O2S2. The van der Waals surface area contributed by atoms with Crippen molar-refractivity contribution in [3.63, 3.8) is 0 Å². The summed E-state index contributed by atoms with van der Waals surface area (Å²) >= 11 is 4.76. The summed E-state index contributed by atoms with van der Waals surface area (Å²) in [5, 5.41) is 2.68. The van der Waals surface area contributed by atoms with Gasteiger partial charge in [0.15, 0.2) is 10.5 Å². The molecule has 0 radical (unpaired) electrons. The van der Waals surface area contributed by atoms with Gasteiger partial charge in [-0.3, -0.25) is 4.72 Å². The van der Waals surface area contributed by atoms with E-state index in [-0.39, 0.29) is 0 Å². The van der Waals surface area contributed by atoms with E-state index >= 15 is 0 Å². The van der Waals surface area contributed by atoms with Crippen LogP contribution in [-0.4, -0.2) is 33.8 Å². The summed E-state index contributed by atoms with van der Waals surface area (Å²) in [4.78, 5) is 8.57. The zero-order chi connectivity index (χ0) is 15.3. The van der Waals surface area contributed by atoms with Gasteiger partial charge in [-0.25, -0.2) is 13.4 Å². The Bertz CT molecular complexity index is 906. The number of nitrogens with zero attached hydrogens (tertiary/aromatic N) is 2. The van der Waals surface area contributed by atoms with Crippen LogP contribution < -0.4 is 4.72 Å². The monoisotopic (exact) mass is 398 g/mol. The number of amidine groups is 1. The lowest BCUT2D eigenvalue weighted by atomic mass is 10.2. The molecule has 0 bridgehead atoms. The summed E-state index contributed by atoms with van der Waals surface area (Å²) < 4.78 is 28.1. The van der Waals surface area contributed by atoms with Crippen LogP contribution in [0.3, 0.4) is 0 Å². The first-order valence-corrected chi connectivity index (χ1v) is 9.81. The number of alkyl halides is 1. The number of benzene rings is 1. The quantitative estimate of drug-likeness (QED) is 0.615. The van der Waals surface area contributed by atoms with Gasteiger partial charge in [0, 0.05) is 29.0 Å². The molecule has 4 rings (SSSR count). The van der Waals surface area contributed by atoms with Crippen molar-refractivity contribution >= 4 is 59.5 Å². The Labute approximate surface area is 139 Å². The van der Waals surface area contributed by atoms with Crippen molar-refractivity contribution in [1.82, 2.24) is 9.88 Å². The minimum Gasteiger partial charge on any atom is -0.361 e. The summed E-state index contributed by atoms with van der Waals surface area (Å²) in [6, 6.07) is 7.29. The van der Waals surface area contributed by atoms with Gasteiger partial charge in [-0.15, -0.1) is 0 Å². The van der Waals surface area contributed by atoms with Crippen molar-refractivity contribution in [1.29, 1.82) is 0 Å². The molecule has 22 heavy (non-hydrogen) atoms. The number of sulfonamides is 1. The number of hydrogen-bond donors (Lipinski definition) is 2. The molecule has 1 aromatic carbocycles. The van der Waals surface area contributed by atoms with Gasteiger partial charge in [-0.2, -0.15) is 0 Å². The molecule has 9 heteroatoms. The van der Waals surface area contributed by atoms with Crippen LogP contribution in [0.4, 0.5) is 5.69 Å². The minimum atomic E-state index is -3.63. The fourth-order valence-electron chi connectivity index (χ4n) is 2.51. The number of aliphatic imine (C=N–C) groups is 1. The predicted molar refractivity (Wildman–Crippen MR) is 93.3 cm³/mol. The average Bonchev–Trinajstić information content (AvgIpc) is 3.11. The van der Waals surface area contributed by atoms with Gasteiger partial charge in [0.25, 0.3) is 10.0 Å². The van der Waals surface area contributed by atoms with Crippen molar-refractivity contribution in [3.05, 3.63) is 42.1 Å². The molecule has 2 aliphatic rings. The van der Waals surface area contributed by atoms with Crippen LogP contribution >= 0.6 is 27.7 Å². The number of hydrogen-bond acceptors (Lipinski definition) is 5. The standard InChI is InChI=1S/C13H11BrN4O2S2/c14-11-12(18-5-6-21-13(18)16-11)22(19,20)17-9-1-2-10-8(7-9)3-4-15-10/h1-7,11-12,15,17H. The highest BCUT2D eigenvalue weighted by molar-refractivity contribution is 9.09. The molecule has 2 N–H and O–H groups in total. The number of nitrogens with one attached hydrogen (secondary N) is 2. The summed E-state index contributed by atoms with van der Waals surface area (Å²) in [6.45, 7) is 0. The molecule has 0 saturated heterocycles. The molecule has 6 nitrogen and oxygen atoms in total. The second-order valence-electron chi connectivity index (χ2n) is 4.91. The smallest absolute Gasteiger partial charge is 0.257 e. The molecule has 2 unspecified atom stereocenters. The molecule has 2 atom stereocenters. The number of thioether (sulfide) groups is 1. The van der Waals surface area contributed by atoms with E-state index in [2.05, 4.69) is 30.6 Å². The fourth-order valence-corrected chi connectivity index (χ4v) is 6.20. The maximum Gasteiger partial charge on any atom is 0.257 e. The highest BCUT2D eigenvalue weighted by Crippen LogP contribution is 2.35. The third-order valence-electron chi connectivity index (χ3n) is 3.49. The lowest BCUT2D eigenvalue weighted by Gasteiger charge is -2.23. The zero-order valence-electron chi connectivity index (χ0n) is 11.1. The summed E-state index contributed by atoms with van der Waals surface area (Å²) in [5.41, 5.74) is 1.50. The maximum atomic E-state index is 12.7. The number of aromatic amines is 1. The van der Waals surface area contributed by atoms with Gasteiger partial charge in [0.05, 0.1) is 0 Å². The van der Waals surface area contributed by atoms with Crippen molar-refractivity contribution in [3.8, 4) is 0 Å². The van der Waals surface area contributed by atoms with E-state index in [0.717, 1.165) is 10.9 Å².